The zero-order valence-corrected chi connectivity index (χ0v) is 24.2. The monoisotopic (exact) mass is 575 g/mol. The predicted molar refractivity (Wildman–Crippen MR) is 186 cm³/mol. The van der Waals surface area contributed by atoms with Gasteiger partial charge in [-0.2, -0.15) is 0 Å². The second-order valence-electron chi connectivity index (χ2n) is 11.6. The van der Waals surface area contributed by atoms with Crippen molar-refractivity contribution in [1.29, 1.82) is 0 Å². The standard InChI is InChI=1S/C41H25N3O/c1-4-18-35-30(14-1)31-15-2-5-19-36(31)43(35)28-12-7-10-26(24-28)27-11-8-13-29(25-27)44-40-32(33-17-9-23-42-41(33)44)21-22-38-39(40)34-16-3-6-20-37(34)45-38/h1-25H. The lowest BCUT2D eigenvalue weighted by molar-refractivity contribution is 0.669. The number of hydrogen-bond donors (Lipinski definition) is 0. The van der Waals surface area contributed by atoms with Gasteiger partial charge in [0.2, 0.25) is 0 Å². The Bertz CT molecular complexity index is 2720. The van der Waals surface area contributed by atoms with Crippen LogP contribution in [0.15, 0.2) is 156 Å². The lowest BCUT2D eigenvalue weighted by atomic mass is 10.0. The van der Waals surface area contributed by atoms with Gasteiger partial charge >= 0.3 is 0 Å². The van der Waals surface area contributed by atoms with Gasteiger partial charge in [0.25, 0.3) is 0 Å². The van der Waals surface area contributed by atoms with E-state index in [0.29, 0.717) is 0 Å². The molecule has 4 aromatic heterocycles. The number of furan rings is 1. The van der Waals surface area contributed by atoms with Crippen LogP contribution in [-0.4, -0.2) is 14.1 Å². The molecule has 6 aromatic carbocycles. The quantitative estimate of drug-likeness (QED) is 0.210. The van der Waals surface area contributed by atoms with E-state index < -0.39 is 0 Å². The number of aromatic nitrogens is 3. The van der Waals surface area contributed by atoms with Crippen LogP contribution in [0.5, 0.6) is 0 Å². The smallest absolute Gasteiger partial charge is 0.145 e. The average Bonchev–Trinajstić information content (AvgIpc) is 3.76. The highest BCUT2D eigenvalue weighted by molar-refractivity contribution is 6.24. The van der Waals surface area contributed by atoms with E-state index >= 15 is 0 Å². The summed E-state index contributed by atoms with van der Waals surface area (Å²) in [4.78, 5) is 4.90. The van der Waals surface area contributed by atoms with Crippen molar-refractivity contribution >= 4 is 65.7 Å². The molecule has 0 aliphatic heterocycles. The summed E-state index contributed by atoms with van der Waals surface area (Å²) < 4.78 is 11.0. The second kappa shape index (κ2) is 9.18. The van der Waals surface area contributed by atoms with E-state index in [1.54, 1.807) is 0 Å². The molecule has 0 aliphatic rings. The molecule has 0 bridgehead atoms. The Balaban J connectivity index is 1.21. The van der Waals surface area contributed by atoms with Crippen molar-refractivity contribution in [2.75, 3.05) is 0 Å². The van der Waals surface area contributed by atoms with E-state index in [4.69, 9.17) is 9.40 Å². The number of nitrogens with zero attached hydrogens (tertiary/aromatic N) is 3. The number of para-hydroxylation sites is 3. The van der Waals surface area contributed by atoms with Gasteiger partial charge in [0, 0.05) is 44.5 Å². The summed E-state index contributed by atoms with van der Waals surface area (Å²) in [7, 11) is 0. The normalized spacial score (nSPS) is 12.0. The van der Waals surface area contributed by atoms with E-state index in [2.05, 4.69) is 137 Å². The molecule has 10 rings (SSSR count). The van der Waals surface area contributed by atoms with Crippen molar-refractivity contribution in [3.8, 4) is 22.5 Å². The maximum atomic E-state index is 6.31. The highest BCUT2D eigenvalue weighted by Crippen LogP contribution is 2.41. The van der Waals surface area contributed by atoms with Crippen molar-refractivity contribution in [3.05, 3.63) is 152 Å². The van der Waals surface area contributed by atoms with Crippen molar-refractivity contribution < 1.29 is 4.42 Å². The van der Waals surface area contributed by atoms with E-state index in [-0.39, 0.29) is 0 Å². The molecule has 0 fully saturated rings. The molecule has 0 aliphatic carbocycles. The Kier molecular flexibility index (Phi) is 4.96. The number of pyridine rings is 1. The van der Waals surface area contributed by atoms with E-state index in [1.165, 1.54) is 21.8 Å². The summed E-state index contributed by atoms with van der Waals surface area (Å²) in [5.41, 5.74) is 10.7. The summed E-state index contributed by atoms with van der Waals surface area (Å²) in [6.07, 6.45) is 1.88. The summed E-state index contributed by atoms with van der Waals surface area (Å²) in [5.74, 6) is 0. The Morgan fingerprint density at radius 3 is 1.80 bits per heavy atom. The fourth-order valence-corrected chi connectivity index (χ4v) is 7.24. The molecule has 4 heterocycles. The summed E-state index contributed by atoms with van der Waals surface area (Å²) in [6, 6.07) is 51.6. The summed E-state index contributed by atoms with van der Waals surface area (Å²) in [5, 5.41) is 7.03. The van der Waals surface area contributed by atoms with Gasteiger partial charge in [-0.15, -0.1) is 0 Å². The first kappa shape index (κ1) is 24.3. The average molecular weight is 576 g/mol. The Morgan fingerprint density at radius 1 is 0.444 bits per heavy atom. The molecule has 0 N–H and O–H groups in total. The van der Waals surface area contributed by atoms with Gasteiger partial charge in [0.15, 0.2) is 0 Å². The zero-order valence-electron chi connectivity index (χ0n) is 24.2. The molecule has 10 aromatic rings. The van der Waals surface area contributed by atoms with Crippen LogP contribution in [0.3, 0.4) is 0 Å². The van der Waals surface area contributed by atoms with Crippen molar-refractivity contribution in [3.63, 3.8) is 0 Å². The predicted octanol–water partition coefficient (Wildman–Crippen LogP) is 10.8. The molecule has 0 radical (unpaired) electrons. The van der Waals surface area contributed by atoms with Gasteiger partial charge in [-0.3, -0.25) is 4.57 Å². The van der Waals surface area contributed by atoms with Crippen LogP contribution in [0.25, 0.3) is 88.2 Å². The van der Waals surface area contributed by atoms with E-state index in [0.717, 1.165) is 66.4 Å². The van der Waals surface area contributed by atoms with Gasteiger partial charge in [-0.1, -0.05) is 78.9 Å². The molecule has 0 amide bonds. The molecule has 0 saturated carbocycles. The molecular weight excluding hydrogens is 550 g/mol. The molecule has 4 nitrogen and oxygen atoms in total. The van der Waals surface area contributed by atoms with Crippen LogP contribution >= 0.6 is 0 Å². The van der Waals surface area contributed by atoms with Crippen molar-refractivity contribution in [2.24, 2.45) is 0 Å². The number of hydrogen-bond acceptors (Lipinski definition) is 2. The van der Waals surface area contributed by atoms with Gasteiger partial charge in [0.05, 0.1) is 21.9 Å². The third-order valence-electron chi connectivity index (χ3n) is 9.15. The van der Waals surface area contributed by atoms with Crippen LogP contribution in [0.4, 0.5) is 0 Å². The van der Waals surface area contributed by atoms with Crippen LogP contribution in [0.2, 0.25) is 0 Å². The second-order valence-corrected chi connectivity index (χ2v) is 11.6. The number of benzene rings is 6. The molecule has 0 spiro atoms. The highest BCUT2D eigenvalue weighted by atomic mass is 16.3. The topological polar surface area (TPSA) is 35.9 Å². The SMILES string of the molecule is c1cc(-c2cccc(-n3c4ncccc4c4ccc5oc6ccccc6c5c43)c2)cc(-n2c3ccccc3c3ccccc32)c1. The summed E-state index contributed by atoms with van der Waals surface area (Å²) >= 11 is 0. The van der Waals surface area contributed by atoms with Crippen molar-refractivity contribution in [2.45, 2.75) is 0 Å². The van der Waals surface area contributed by atoms with Gasteiger partial charge in [-0.25, -0.2) is 4.98 Å². The third-order valence-corrected chi connectivity index (χ3v) is 9.15. The van der Waals surface area contributed by atoms with Crippen LogP contribution in [0, 0.1) is 0 Å². The number of fused-ring (bicyclic) bond motifs is 10. The maximum absolute atomic E-state index is 6.31. The fourth-order valence-electron chi connectivity index (χ4n) is 7.24. The van der Waals surface area contributed by atoms with Crippen LogP contribution < -0.4 is 0 Å². The number of rotatable bonds is 3. The Labute approximate surface area is 258 Å². The molecule has 210 valence electrons. The largest absolute Gasteiger partial charge is 0.456 e. The van der Waals surface area contributed by atoms with Gasteiger partial charge in [0.1, 0.15) is 16.8 Å². The van der Waals surface area contributed by atoms with Crippen LogP contribution in [-0.2, 0) is 0 Å². The van der Waals surface area contributed by atoms with Crippen molar-refractivity contribution in [1.82, 2.24) is 14.1 Å². The minimum atomic E-state index is 0.878. The minimum absolute atomic E-state index is 0.878. The molecule has 4 heteroatoms. The fraction of sp³-hybridized carbons (Fsp3) is 0. The molecule has 0 atom stereocenters. The van der Waals surface area contributed by atoms with E-state index in [1.807, 2.05) is 24.4 Å². The first-order valence-corrected chi connectivity index (χ1v) is 15.2. The third kappa shape index (κ3) is 3.45. The maximum Gasteiger partial charge on any atom is 0.145 e. The molecular formula is C41H25N3O. The van der Waals surface area contributed by atoms with Gasteiger partial charge in [-0.05, 0) is 77.9 Å². The lowest BCUT2D eigenvalue weighted by Crippen LogP contribution is -1.97. The zero-order chi connectivity index (χ0) is 29.5. The Morgan fingerprint density at radius 2 is 1.07 bits per heavy atom. The highest BCUT2D eigenvalue weighted by Gasteiger charge is 2.20. The first-order valence-electron chi connectivity index (χ1n) is 15.2. The van der Waals surface area contributed by atoms with E-state index in [9.17, 15) is 0 Å². The van der Waals surface area contributed by atoms with Crippen LogP contribution in [0.1, 0.15) is 0 Å². The first-order chi connectivity index (χ1) is 22.3. The summed E-state index contributed by atoms with van der Waals surface area (Å²) in [6.45, 7) is 0. The molecule has 45 heavy (non-hydrogen) atoms. The molecule has 0 saturated heterocycles. The minimum Gasteiger partial charge on any atom is -0.456 e. The Hall–Kier alpha value is -6.13. The molecule has 0 unspecified atom stereocenters. The van der Waals surface area contributed by atoms with Gasteiger partial charge < -0.3 is 8.98 Å². The lowest BCUT2D eigenvalue weighted by Gasteiger charge is -2.12.